The Hall–Kier alpha value is -2.86. The Morgan fingerprint density at radius 2 is 1.97 bits per heavy atom. The molecule has 0 spiro atoms. The van der Waals surface area contributed by atoms with E-state index < -0.39 is 0 Å². The molecule has 2 aromatic carbocycles. The van der Waals surface area contributed by atoms with E-state index in [1.807, 2.05) is 25.1 Å². The number of aryl methyl sites for hydroxylation is 2. The predicted octanol–water partition coefficient (Wildman–Crippen LogP) is 4.08. The molecule has 0 aliphatic carbocycles. The zero-order valence-electron chi connectivity index (χ0n) is 17.3. The molecule has 2 N–H and O–H groups in total. The lowest BCUT2D eigenvalue weighted by Gasteiger charge is -2.14. The van der Waals surface area contributed by atoms with Crippen molar-refractivity contribution in [2.24, 2.45) is 4.99 Å². The van der Waals surface area contributed by atoms with Crippen LogP contribution in [0.15, 0.2) is 47.5 Å². The normalized spacial score (nSPS) is 16.5. The van der Waals surface area contributed by atoms with Gasteiger partial charge in [0.2, 0.25) is 5.96 Å². The number of hydrogen-bond acceptors (Lipinski definition) is 4. The van der Waals surface area contributed by atoms with Crippen molar-refractivity contribution in [2.45, 2.75) is 39.7 Å². The lowest BCUT2D eigenvalue weighted by Crippen LogP contribution is -2.36. The number of anilines is 1. The van der Waals surface area contributed by atoms with Crippen LogP contribution in [0.25, 0.3) is 0 Å². The van der Waals surface area contributed by atoms with Gasteiger partial charge in [-0.1, -0.05) is 6.07 Å². The Labute approximate surface area is 172 Å². The fourth-order valence-electron chi connectivity index (χ4n) is 3.10. The number of nitrogens with zero attached hydrogens (tertiary/aromatic N) is 1. The molecular formula is C23H29N3O3. The van der Waals surface area contributed by atoms with Crippen LogP contribution in [0.3, 0.4) is 0 Å². The quantitative estimate of drug-likeness (QED) is 0.571. The number of carbonyl (C=O) groups excluding carboxylic acids is 1. The topological polar surface area (TPSA) is 72.0 Å². The van der Waals surface area contributed by atoms with E-state index in [4.69, 9.17) is 9.47 Å². The third-order valence-electron chi connectivity index (χ3n) is 4.91. The Morgan fingerprint density at radius 3 is 2.62 bits per heavy atom. The fourth-order valence-corrected chi connectivity index (χ4v) is 3.10. The van der Waals surface area contributed by atoms with Gasteiger partial charge in [-0.05, 0) is 81.1 Å². The summed E-state index contributed by atoms with van der Waals surface area (Å²) >= 11 is 0. The minimum Gasteiger partial charge on any atom is -0.494 e. The number of hydrogen-bond donors (Lipinski definition) is 2. The first-order valence-electron chi connectivity index (χ1n) is 10.1. The van der Waals surface area contributed by atoms with Gasteiger partial charge in [-0.3, -0.25) is 10.1 Å². The molecule has 2 aromatic rings. The first-order valence-corrected chi connectivity index (χ1v) is 10.1. The molecule has 0 radical (unpaired) electrons. The highest BCUT2D eigenvalue weighted by Gasteiger charge is 2.16. The first kappa shape index (κ1) is 20.9. The van der Waals surface area contributed by atoms with Crippen LogP contribution in [-0.2, 0) is 4.74 Å². The van der Waals surface area contributed by atoms with E-state index in [0.717, 1.165) is 30.9 Å². The Kier molecular flexibility index (Phi) is 7.25. The number of rotatable bonds is 6. The van der Waals surface area contributed by atoms with E-state index in [1.54, 1.807) is 24.3 Å². The highest BCUT2D eigenvalue weighted by Crippen LogP contribution is 2.16. The molecule has 29 heavy (non-hydrogen) atoms. The summed E-state index contributed by atoms with van der Waals surface area (Å²) in [5, 5.41) is 6.14. The fraction of sp³-hybridized carbons (Fsp3) is 0.391. The highest BCUT2D eigenvalue weighted by molar-refractivity contribution is 6.10. The van der Waals surface area contributed by atoms with E-state index in [9.17, 15) is 4.79 Å². The SMILES string of the molecule is CCOc1ccc(C(=O)NC(=NCC2CCCO2)Nc2ccc(C)c(C)c2)cc1. The smallest absolute Gasteiger partial charge is 0.257 e. The lowest BCUT2D eigenvalue weighted by atomic mass is 10.1. The maximum atomic E-state index is 12.7. The largest absolute Gasteiger partial charge is 0.494 e. The minimum absolute atomic E-state index is 0.105. The second-order valence-corrected chi connectivity index (χ2v) is 7.16. The molecule has 1 amide bonds. The molecule has 6 nitrogen and oxygen atoms in total. The van der Waals surface area contributed by atoms with Gasteiger partial charge in [0.25, 0.3) is 5.91 Å². The summed E-state index contributed by atoms with van der Waals surface area (Å²) in [5.41, 5.74) is 3.81. The van der Waals surface area contributed by atoms with E-state index in [-0.39, 0.29) is 12.0 Å². The van der Waals surface area contributed by atoms with Crippen LogP contribution in [0.4, 0.5) is 5.69 Å². The van der Waals surface area contributed by atoms with Gasteiger partial charge in [-0.25, -0.2) is 4.99 Å². The van der Waals surface area contributed by atoms with Gasteiger partial charge in [0.15, 0.2) is 0 Å². The summed E-state index contributed by atoms with van der Waals surface area (Å²) < 4.78 is 11.1. The number of benzene rings is 2. The maximum absolute atomic E-state index is 12.7. The van der Waals surface area contributed by atoms with Gasteiger partial charge >= 0.3 is 0 Å². The summed E-state index contributed by atoms with van der Waals surface area (Å²) in [5.74, 6) is 0.933. The third kappa shape index (κ3) is 6.06. The third-order valence-corrected chi connectivity index (χ3v) is 4.91. The van der Waals surface area contributed by atoms with Crippen LogP contribution in [0, 0.1) is 13.8 Å². The van der Waals surface area contributed by atoms with Gasteiger partial charge in [0.05, 0.1) is 19.3 Å². The van der Waals surface area contributed by atoms with Crippen molar-refractivity contribution in [3.8, 4) is 5.75 Å². The zero-order valence-corrected chi connectivity index (χ0v) is 17.3. The van der Waals surface area contributed by atoms with Gasteiger partial charge in [0.1, 0.15) is 5.75 Å². The van der Waals surface area contributed by atoms with E-state index >= 15 is 0 Å². The molecule has 6 heteroatoms. The number of amides is 1. The molecule has 1 unspecified atom stereocenters. The standard InChI is InChI=1S/C23H29N3O3/c1-4-28-20-11-8-18(9-12-20)22(27)26-23(24-15-21-6-5-13-29-21)25-19-10-7-16(2)17(3)14-19/h7-12,14,21H,4-6,13,15H2,1-3H3,(H2,24,25,26,27). The van der Waals surface area contributed by atoms with Crippen molar-refractivity contribution >= 4 is 17.6 Å². The summed E-state index contributed by atoms with van der Waals surface area (Å²) in [7, 11) is 0. The van der Waals surface area contributed by atoms with Crippen molar-refractivity contribution in [2.75, 3.05) is 25.1 Å². The van der Waals surface area contributed by atoms with Gasteiger partial charge < -0.3 is 14.8 Å². The van der Waals surface area contributed by atoms with Crippen molar-refractivity contribution < 1.29 is 14.3 Å². The van der Waals surface area contributed by atoms with Crippen LogP contribution in [0.1, 0.15) is 41.3 Å². The van der Waals surface area contributed by atoms with E-state index in [0.29, 0.717) is 24.7 Å². The number of guanidine groups is 1. The molecule has 0 aromatic heterocycles. The number of carbonyl (C=O) groups is 1. The molecule has 1 heterocycles. The van der Waals surface area contributed by atoms with E-state index in [2.05, 4.69) is 29.5 Å². The highest BCUT2D eigenvalue weighted by atomic mass is 16.5. The van der Waals surface area contributed by atoms with Crippen LogP contribution in [-0.4, -0.2) is 37.7 Å². The van der Waals surface area contributed by atoms with Crippen LogP contribution < -0.4 is 15.4 Å². The molecule has 1 fully saturated rings. The van der Waals surface area contributed by atoms with Gasteiger partial charge in [-0.2, -0.15) is 0 Å². The van der Waals surface area contributed by atoms with Gasteiger partial charge in [-0.15, -0.1) is 0 Å². The summed E-state index contributed by atoms with van der Waals surface area (Å²) in [6.45, 7) is 7.93. The molecule has 1 saturated heterocycles. The second-order valence-electron chi connectivity index (χ2n) is 7.16. The zero-order chi connectivity index (χ0) is 20.6. The lowest BCUT2D eigenvalue weighted by molar-refractivity contribution is 0.0975. The Morgan fingerprint density at radius 1 is 1.17 bits per heavy atom. The number of nitrogens with one attached hydrogen (secondary N) is 2. The predicted molar refractivity (Wildman–Crippen MR) is 116 cm³/mol. The monoisotopic (exact) mass is 395 g/mol. The summed E-state index contributed by atoms with van der Waals surface area (Å²) in [6, 6.07) is 13.1. The van der Waals surface area contributed by atoms with Crippen LogP contribution in [0.5, 0.6) is 5.75 Å². The molecule has 0 bridgehead atoms. The molecule has 1 aliphatic rings. The molecule has 1 atom stereocenters. The molecule has 3 rings (SSSR count). The summed E-state index contributed by atoms with van der Waals surface area (Å²) in [4.78, 5) is 17.3. The first-order chi connectivity index (χ1) is 14.0. The van der Waals surface area contributed by atoms with Crippen LogP contribution in [0.2, 0.25) is 0 Å². The Bertz CT molecular complexity index is 856. The van der Waals surface area contributed by atoms with Crippen molar-refractivity contribution in [3.63, 3.8) is 0 Å². The van der Waals surface area contributed by atoms with Crippen molar-refractivity contribution in [3.05, 3.63) is 59.2 Å². The molecular weight excluding hydrogens is 366 g/mol. The number of aliphatic imine (C=N–C) groups is 1. The molecule has 154 valence electrons. The van der Waals surface area contributed by atoms with Crippen molar-refractivity contribution in [1.82, 2.24) is 5.32 Å². The second kappa shape index (κ2) is 10.1. The van der Waals surface area contributed by atoms with Crippen LogP contribution >= 0.6 is 0 Å². The number of ether oxygens (including phenoxy) is 2. The molecule has 1 aliphatic heterocycles. The van der Waals surface area contributed by atoms with Gasteiger partial charge in [0, 0.05) is 17.9 Å². The average Bonchev–Trinajstić information content (AvgIpc) is 3.23. The molecule has 0 saturated carbocycles. The minimum atomic E-state index is -0.226. The summed E-state index contributed by atoms with van der Waals surface area (Å²) in [6.07, 6.45) is 2.15. The van der Waals surface area contributed by atoms with E-state index in [1.165, 1.54) is 11.1 Å². The van der Waals surface area contributed by atoms with Crippen molar-refractivity contribution in [1.29, 1.82) is 0 Å². The maximum Gasteiger partial charge on any atom is 0.257 e. The average molecular weight is 396 g/mol. The Balaban J connectivity index is 1.73.